The van der Waals surface area contributed by atoms with Gasteiger partial charge in [-0.05, 0) is 37.0 Å². The van der Waals surface area contributed by atoms with Gasteiger partial charge in [-0.2, -0.15) is 0 Å². The van der Waals surface area contributed by atoms with Gasteiger partial charge in [-0.3, -0.25) is 0 Å². The normalized spacial score (nSPS) is 10.4. The van der Waals surface area contributed by atoms with E-state index in [1.165, 1.54) is 18.4 Å². The molecular weight excluding hydrogens is 216 g/mol. The fraction of sp³-hybridized carbons (Fsp3) is 0.571. The van der Waals surface area contributed by atoms with E-state index >= 15 is 0 Å². The first-order valence-corrected chi connectivity index (χ1v) is 6.67. The highest BCUT2D eigenvalue weighted by molar-refractivity contribution is 7.80. The molecule has 16 heavy (non-hydrogen) atoms. The third-order valence-electron chi connectivity index (χ3n) is 2.60. The largest absolute Gasteiger partial charge is 0.492 e. The van der Waals surface area contributed by atoms with Crippen molar-refractivity contribution < 1.29 is 4.74 Å². The molecule has 0 aliphatic heterocycles. The van der Waals surface area contributed by atoms with Gasteiger partial charge in [-0.15, -0.1) is 12.6 Å². The van der Waals surface area contributed by atoms with Crippen LogP contribution in [-0.4, -0.2) is 6.61 Å². The number of rotatable bonds is 7. The van der Waals surface area contributed by atoms with Crippen molar-refractivity contribution in [1.29, 1.82) is 0 Å². The van der Waals surface area contributed by atoms with Crippen LogP contribution in [0.1, 0.15) is 45.1 Å². The van der Waals surface area contributed by atoms with Gasteiger partial charge in [0, 0.05) is 4.90 Å². The molecule has 0 amide bonds. The Labute approximate surface area is 105 Å². The molecule has 1 rings (SSSR count). The highest BCUT2D eigenvalue weighted by Crippen LogP contribution is 2.24. The Morgan fingerprint density at radius 2 is 1.88 bits per heavy atom. The molecule has 90 valence electrons. The molecule has 0 unspecified atom stereocenters. The van der Waals surface area contributed by atoms with E-state index in [0.29, 0.717) is 0 Å². The zero-order chi connectivity index (χ0) is 11.8. The molecule has 1 aromatic carbocycles. The second-order valence-corrected chi connectivity index (χ2v) is 4.59. The van der Waals surface area contributed by atoms with Gasteiger partial charge < -0.3 is 4.74 Å². The average Bonchev–Trinajstić information content (AvgIpc) is 2.29. The van der Waals surface area contributed by atoms with Crippen molar-refractivity contribution in [3.05, 3.63) is 23.8 Å². The molecule has 0 spiro atoms. The minimum Gasteiger partial charge on any atom is -0.492 e. The highest BCUT2D eigenvalue weighted by atomic mass is 32.1. The zero-order valence-corrected chi connectivity index (χ0v) is 11.2. The summed E-state index contributed by atoms with van der Waals surface area (Å²) in [5.74, 6) is 0.914. The number of thiol groups is 1. The molecule has 0 radical (unpaired) electrons. The second-order valence-electron chi connectivity index (χ2n) is 4.11. The molecular formula is C14H22OS. The van der Waals surface area contributed by atoms with Gasteiger partial charge in [-0.25, -0.2) is 0 Å². The van der Waals surface area contributed by atoms with Gasteiger partial charge in [0.05, 0.1) is 6.61 Å². The molecule has 0 N–H and O–H groups in total. The molecule has 0 saturated carbocycles. The number of hydrogen-bond donors (Lipinski definition) is 1. The summed E-state index contributed by atoms with van der Waals surface area (Å²) in [7, 11) is 0. The van der Waals surface area contributed by atoms with Crippen LogP contribution >= 0.6 is 12.6 Å². The number of benzene rings is 1. The molecule has 0 aromatic heterocycles. The first kappa shape index (κ1) is 13.4. The van der Waals surface area contributed by atoms with Crippen molar-refractivity contribution in [2.45, 2.75) is 50.8 Å². The lowest BCUT2D eigenvalue weighted by Crippen LogP contribution is -1.97. The molecule has 0 fully saturated rings. The van der Waals surface area contributed by atoms with Crippen molar-refractivity contribution in [3.63, 3.8) is 0 Å². The quantitative estimate of drug-likeness (QED) is 0.543. The average molecular weight is 238 g/mol. The van der Waals surface area contributed by atoms with Gasteiger partial charge in [-0.1, -0.05) is 32.8 Å². The summed E-state index contributed by atoms with van der Waals surface area (Å²) >= 11 is 4.47. The van der Waals surface area contributed by atoms with Crippen molar-refractivity contribution >= 4 is 12.6 Å². The van der Waals surface area contributed by atoms with E-state index < -0.39 is 0 Å². The number of aryl methyl sites for hydroxylation is 1. The minimum atomic E-state index is 0.790. The smallest absolute Gasteiger partial charge is 0.132 e. The number of ether oxygens (including phenoxy) is 1. The van der Waals surface area contributed by atoms with Crippen LogP contribution in [-0.2, 0) is 6.42 Å². The van der Waals surface area contributed by atoms with Crippen molar-refractivity contribution in [2.75, 3.05) is 6.61 Å². The Balaban J connectivity index is 2.53. The monoisotopic (exact) mass is 238 g/mol. The van der Waals surface area contributed by atoms with E-state index in [2.05, 4.69) is 38.6 Å². The molecule has 0 bridgehead atoms. The lowest BCUT2D eigenvalue weighted by atomic mass is 10.1. The van der Waals surface area contributed by atoms with Crippen LogP contribution in [0.25, 0.3) is 0 Å². The van der Waals surface area contributed by atoms with E-state index in [-0.39, 0.29) is 0 Å². The lowest BCUT2D eigenvalue weighted by molar-refractivity contribution is 0.302. The molecule has 0 heterocycles. The minimum absolute atomic E-state index is 0.790. The molecule has 0 atom stereocenters. The van der Waals surface area contributed by atoms with Gasteiger partial charge in [0.2, 0.25) is 0 Å². The fourth-order valence-electron chi connectivity index (χ4n) is 1.55. The standard InChI is InChI=1S/C14H22OS/c1-3-5-7-12-8-9-13(14(16)11-12)15-10-6-4-2/h8-9,11,16H,3-7,10H2,1-2H3. The lowest BCUT2D eigenvalue weighted by Gasteiger charge is -2.09. The van der Waals surface area contributed by atoms with E-state index in [1.807, 2.05) is 6.07 Å². The predicted molar refractivity (Wildman–Crippen MR) is 72.7 cm³/mol. The van der Waals surface area contributed by atoms with Gasteiger partial charge in [0.25, 0.3) is 0 Å². The van der Waals surface area contributed by atoms with Crippen molar-refractivity contribution in [3.8, 4) is 5.75 Å². The Morgan fingerprint density at radius 1 is 1.12 bits per heavy atom. The summed E-state index contributed by atoms with van der Waals surface area (Å²) < 4.78 is 5.66. The zero-order valence-electron chi connectivity index (χ0n) is 10.3. The predicted octanol–water partition coefficient (Wildman–Crippen LogP) is 4.50. The van der Waals surface area contributed by atoms with E-state index in [0.717, 1.165) is 36.5 Å². The third kappa shape index (κ3) is 4.48. The van der Waals surface area contributed by atoms with E-state index in [9.17, 15) is 0 Å². The van der Waals surface area contributed by atoms with Crippen LogP contribution in [0, 0.1) is 0 Å². The Hall–Kier alpha value is -0.630. The summed E-state index contributed by atoms with van der Waals surface area (Å²) in [5, 5.41) is 0. The molecule has 0 aliphatic carbocycles. The maximum absolute atomic E-state index is 5.66. The summed E-state index contributed by atoms with van der Waals surface area (Å²) in [6.07, 6.45) is 5.88. The molecule has 1 aromatic rings. The van der Waals surface area contributed by atoms with E-state index in [1.54, 1.807) is 0 Å². The summed E-state index contributed by atoms with van der Waals surface area (Å²) in [5.41, 5.74) is 1.36. The molecule has 1 nitrogen and oxygen atoms in total. The van der Waals surface area contributed by atoms with Crippen molar-refractivity contribution in [2.24, 2.45) is 0 Å². The fourth-order valence-corrected chi connectivity index (χ4v) is 1.85. The number of hydrogen-bond acceptors (Lipinski definition) is 2. The summed E-state index contributed by atoms with van der Waals surface area (Å²) in [6.45, 7) is 5.17. The molecule has 2 heteroatoms. The van der Waals surface area contributed by atoms with Crippen LogP contribution in [0.5, 0.6) is 5.75 Å². The second kappa shape index (κ2) is 7.61. The first-order chi connectivity index (χ1) is 7.77. The summed E-state index contributed by atoms with van der Waals surface area (Å²) in [4.78, 5) is 0.963. The van der Waals surface area contributed by atoms with Crippen molar-refractivity contribution in [1.82, 2.24) is 0 Å². The Morgan fingerprint density at radius 3 is 2.50 bits per heavy atom. The maximum Gasteiger partial charge on any atom is 0.132 e. The van der Waals surface area contributed by atoms with Crippen LogP contribution in [0.2, 0.25) is 0 Å². The first-order valence-electron chi connectivity index (χ1n) is 6.22. The van der Waals surface area contributed by atoms with E-state index in [4.69, 9.17) is 4.74 Å². The van der Waals surface area contributed by atoms with Crippen LogP contribution in [0.3, 0.4) is 0 Å². The highest BCUT2D eigenvalue weighted by Gasteiger charge is 2.01. The van der Waals surface area contributed by atoms with Gasteiger partial charge >= 0.3 is 0 Å². The van der Waals surface area contributed by atoms with Gasteiger partial charge in [0.1, 0.15) is 5.75 Å². The van der Waals surface area contributed by atoms with Crippen LogP contribution < -0.4 is 4.74 Å². The topological polar surface area (TPSA) is 9.23 Å². The number of unbranched alkanes of at least 4 members (excludes halogenated alkanes) is 2. The Bertz CT molecular complexity index is 310. The molecule has 0 aliphatic rings. The summed E-state index contributed by atoms with van der Waals surface area (Å²) in [6, 6.07) is 6.32. The third-order valence-corrected chi connectivity index (χ3v) is 2.95. The van der Waals surface area contributed by atoms with Gasteiger partial charge in [0.15, 0.2) is 0 Å². The molecule has 0 saturated heterocycles. The Kier molecular flexibility index (Phi) is 6.39. The van der Waals surface area contributed by atoms with Crippen LogP contribution in [0.15, 0.2) is 23.1 Å². The maximum atomic E-state index is 5.66. The van der Waals surface area contributed by atoms with Crippen LogP contribution in [0.4, 0.5) is 0 Å². The SMILES string of the molecule is CCCCOc1ccc(CCCC)cc1S.